The highest BCUT2D eigenvalue weighted by molar-refractivity contribution is 7.99. The fourth-order valence-corrected chi connectivity index (χ4v) is 2.60. The van der Waals surface area contributed by atoms with Crippen LogP contribution in [0.2, 0.25) is 0 Å². The van der Waals surface area contributed by atoms with E-state index < -0.39 is 11.5 Å². The number of H-pyrrole nitrogens is 1. The standard InChI is InChI=1S/C16H18N4O4S/c1-2-10-4-3-5-11(8-10)17-13(21)9-25-16-18-15(24)12(19-20-16)6-7-14(22)23/h3-5,8H,2,6-7,9H2,1H3,(H,17,21)(H,22,23)(H,18,20,24). The SMILES string of the molecule is CCc1cccc(NC(=O)CSc2nnc(CCC(=O)O)c(=O)[nH]2)c1. The van der Waals surface area contributed by atoms with Gasteiger partial charge in [-0.1, -0.05) is 30.8 Å². The van der Waals surface area contributed by atoms with Crippen LogP contribution < -0.4 is 10.9 Å². The third-order valence-corrected chi connectivity index (χ3v) is 4.14. The van der Waals surface area contributed by atoms with Crippen LogP contribution in [0.15, 0.2) is 34.2 Å². The predicted molar refractivity (Wildman–Crippen MR) is 93.8 cm³/mol. The van der Waals surface area contributed by atoms with Crippen molar-refractivity contribution in [1.82, 2.24) is 15.2 Å². The molecule has 0 radical (unpaired) electrons. The van der Waals surface area contributed by atoms with Crippen LogP contribution in [0.4, 0.5) is 5.69 Å². The Morgan fingerprint density at radius 3 is 2.80 bits per heavy atom. The number of rotatable bonds is 8. The van der Waals surface area contributed by atoms with Crippen LogP contribution in [-0.2, 0) is 22.4 Å². The zero-order valence-corrected chi connectivity index (χ0v) is 14.4. The fraction of sp³-hybridized carbons (Fsp3) is 0.312. The number of aromatic nitrogens is 3. The van der Waals surface area contributed by atoms with Crippen LogP contribution >= 0.6 is 11.8 Å². The molecule has 0 saturated heterocycles. The fourth-order valence-electron chi connectivity index (χ4n) is 2.00. The summed E-state index contributed by atoms with van der Waals surface area (Å²) in [7, 11) is 0. The molecule has 9 heteroatoms. The van der Waals surface area contributed by atoms with E-state index in [9.17, 15) is 14.4 Å². The molecule has 1 heterocycles. The molecule has 0 bridgehead atoms. The van der Waals surface area contributed by atoms with Gasteiger partial charge in [0.1, 0.15) is 5.69 Å². The number of carboxylic acid groups (broad SMARTS) is 1. The first-order valence-corrected chi connectivity index (χ1v) is 8.65. The minimum atomic E-state index is -1.01. The monoisotopic (exact) mass is 362 g/mol. The Balaban J connectivity index is 1.89. The number of carboxylic acids is 1. The molecule has 0 fully saturated rings. The zero-order valence-electron chi connectivity index (χ0n) is 13.6. The summed E-state index contributed by atoms with van der Waals surface area (Å²) in [6.45, 7) is 2.03. The maximum Gasteiger partial charge on any atom is 0.303 e. The van der Waals surface area contributed by atoms with Gasteiger partial charge in [0.05, 0.1) is 12.2 Å². The number of aromatic amines is 1. The van der Waals surface area contributed by atoms with E-state index in [1.807, 2.05) is 25.1 Å². The summed E-state index contributed by atoms with van der Waals surface area (Å²) in [5.74, 6) is -1.17. The molecule has 0 saturated carbocycles. The van der Waals surface area contributed by atoms with Crippen molar-refractivity contribution in [3.63, 3.8) is 0 Å². The van der Waals surface area contributed by atoms with Crippen molar-refractivity contribution in [1.29, 1.82) is 0 Å². The van der Waals surface area contributed by atoms with Gasteiger partial charge in [0, 0.05) is 12.1 Å². The number of amides is 1. The Labute approximate surface area is 148 Å². The average Bonchev–Trinajstić information content (AvgIpc) is 2.59. The van der Waals surface area contributed by atoms with Crippen molar-refractivity contribution >= 4 is 29.3 Å². The lowest BCUT2D eigenvalue weighted by Gasteiger charge is -2.06. The molecule has 3 N–H and O–H groups in total. The Morgan fingerprint density at radius 1 is 1.32 bits per heavy atom. The number of aryl methyl sites for hydroxylation is 2. The minimum Gasteiger partial charge on any atom is -0.481 e. The summed E-state index contributed by atoms with van der Waals surface area (Å²) in [4.78, 5) is 36.8. The van der Waals surface area contributed by atoms with Crippen molar-refractivity contribution in [2.45, 2.75) is 31.3 Å². The van der Waals surface area contributed by atoms with E-state index >= 15 is 0 Å². The number of carbonyl (C=O) groups excluding carboxylic acids is 1. The molecule has 2 aromatic rings. The highest BCUT2D eigenvalue weighted by Gasteiger charge is 2.10. The number of anilines is 1. The third-order valence-electron chi connectivity index (χ3n) is 3.28. The second kappa shape index (κ2) is 8.97. The molecule has 8 nitrogen and oxygen atoms in total. The van der Waals surface area contributed by atoms with Crippen LogP contribution in [0.3, 0.4) is 0 Å². The number of benzene rings is 1. The Kier molecular flexibility index (Phi) is 6.70. The van der Waals surface area contributed by atoms with E-state index in [-0.39, 0.29) is 35.4 Å². The van der Waals surface area contributed by atoms with E-state index in [1.165, 1.54) is 0 Å². The normalized spacial score (nSPS) is 10.4. The maximum absolute atomic E-state index is 12.0. The molecule has 1 amide bonds. The topological polar surface area (TPSA) is 125 Å². The van der Waals surface area contributed by atoms with Gasteiger partial charge < -0.3 is 10.4 Å². The second-order valence-electron chi connectivity index (χ2n) is 5.19. The summed E-state index contributed by atoms with van der Waals surface area (Å²) >= 11 is 1.05. The molecule has 132 valence electrons. The van der Waals surface area contributed by atoms with Gasteiger partial charge in [0.15, 0.2) is 5.16 Å². The van der Waals surface area contributed by atoms with Crippen molar-refractivity contribution < 1.29 is 14.7 Å². The minimum absolute atomic E-state index is 0.0108. The smallest absolute Gasteiger partial charge is 0.303 e. The maximum atomic E-state index is 12.0. The number of aliphatic carboxylic acids is 1. The first-order valence-electron chi connectivity index (χ1n) is 7.67. The van der Waals surface area contributed by atoms with Crippen LogP contribution in [0.1, 0.15) is 24.6 Å². The molecule has 0 spiro atoms. The zero-order chi connectivity index (χ0) is 18.2. The molecule has 1 aromatic heterocycles. The lowest BCUT2D eigenvalue weighted by Crippen LogP contribution is -2.19. The Hall–Kier alpha value is -2.68. The second-order valence-corrected chi connectivity index (χ2v) is 6.15. The van der Waals surface area contributed by atoms with Crippen molar-refractivity contribution in [2.24, 2.45) is 0 Å². The molecule has 0 atom stereocenters. The van der Waals surface area contributed by atoms with Gasteiger partial charge in [-0.05, 0) is 24.1 Å². The van der Waals surface area contributed by atoms with Gasteiger partial charge >= 0.3 is 5.97 Å². The third kappa shape index (κ3) is 6.03. The number of thioether (sulfide) groups is 1. The Bertz CT molecular complexity index is 822. The van der Waals surface area contributed by atoms with Crippen molar-refractivity contribution in [3.8, 4) is 0 Å². The average molecular weight is 362 g/mol. The van der Waals surface area contributed by atoms with Gasteiger partial charge in [-0.15, -0.1) is 10.2 Å². The molecule has 0 aliphatic carbocycles. The van der Waals surface area contributed by atoms with E-state index in [4.69, 9.17) is 5.11 Å². The van der Waals surface area contributed by atoms with Gasteiger partial charge in [0.25, 0.3) is 5.56 Å². The van der Waals surface area contributed by atoms with E-state index in [0.29, 0.717) is 5.69 Å². The molecule has 0 aliphatic rings. The van der Waals surface area contributed by atoms with Crippen LogP contribution in [0, 0.1) is 0 Å². The van der Waals surface area contributed by atoms with E-state index in [1.54, 1.807) is 6.07 Å². The molecular formula is C16H18N4O4S. The lowest BCUT2D eigenvalue weighted by atomic mass is 10.1. The number of nitrogens with zero attached hydrogens (tertiary/aromatic N) is 2. The highest BCUT2D eigenvalue weighted by atomic mass is 32.2. The van der Waals surface area contributed by atoms with E-state index in [0.717, 1.165) is 23.7 Å². The molecule has 2 rings (SSSR count). The molecule has 0 aliphatic heterocycles. The molecular weight excluding hydrogens is 344 g/mol. The van der Waals surface area contributed by atoms with Gasteiger partial charge in [-0.25, -0.2) is 0 Å². The molecule has 1 aromatic carbocycles. The molecule has 0 unspecified atom stereocenters. The quantitative estimate of drug-likeness (QED) is 0.607. The van der Waals surface area contributed by atoms with Gasteiger partial charge in [0.2, 0.25) is 5.91 Å². The van der Waals surface area contributed by atoms with Gasteiger partial charge in [-0.3, -0.25) is 19.4 Å². The Morgan fingerprint density at radius 2 is 2.12 bits per heavy atom. The summed E-state index contributed by atoms with van der Waals surface area (Å²) in [5, 5.41) is 19.1. The number of hydrogen-bond acceptors (Lipinski definition) is 6. The number of nitrogens with one attached hydrogen (secondary N) is 2. The van der Waals surface area contributed by atoms with Crippen molar-refractivity contribution in [2.75, 3.05) is 11.1 Å². The predicted octanol–water partition coefficient (Wildman–Crippen LogP) is 1.48. The first-order chi connectivity index (χ1) is 12.0. The largest absolute Gasteiger partial charge is 0.481 e. The van der Waals surface area contributed by atoms with Crippen molar-refractivity contribution in [3.05, 3.63) is 45.9 Å². The highest BCUT2D eigenvalue weighted by Crippen LogP contribution is 2.14. The van der Waals surface area contributed by atoms with E-state index in [2.05, 4.69) is 20.5 Å². The van der Waals surface area contributed by atoms with Crippen LogP contribution in [0.5, 0.6) is 0 Å². The lowest BCUT2D eigenvalue weighted by molar-refractivity contribution is -0.137. The summed E-state index contributed by atoms with van der Waals surface area (Å²) < 4.78 is 0. The van der Waals surface area contributed by atoms with Gasteiger partial charge in [-0.2, -0.15) is 0 Å². The first kappa shape index (κ1) is 18.7. The van der Waals surface area contributed by atoms with Crippen LogP contribution in [-0.4, -0.2) is 37.9 Å². The summed E-state index contributed by atoms with van der Waals surface area (Å²) in [5.41, 5.74) is 1.41. The number of carbonyl (C=O) groups is 2. The van der Waals surface area contributed by atoms with Crippen LogP contribution in [0.25, 0.3) is 0 Å². The number of hydrogen-bond donors (Lipinski definition) is 3. The summed E-state index contributed by atoms with van der Waals surface area (Å²) in [6.07, 6.45) is 0.698. The molecule has 25 heavy (non-hydrogen) atoms. The summed E-state index contributed by atoms with van der Waals surface area (Å²) in [6, 6.07) is 7.57.